The van der Waals surface area contributed by atoms with Gasteiger partial charge in [0.25, 0.3) is 10.1 Å². The normalized spacial score (nSPS) is 11.1. The quantitative estimate of drug-likeness (QED) is 0.472. The molecule has 6 heteroatoms. The lowest BCUT2D eigenvalue weighted by Crippen LogP contribution is -1.99. The number of unbranched alkanes of at least 4 members (excludes halogenated alkanes) is 1. The second-order valence-electron chi connectivity index (χ2n) is 3.58. The van der Waals surface area contributed by atoms with Crippen LogP contribution in [0.2, 0.25) is 0 Å². The summed E-state index contributed by atoms with van der Waals surface area (Å²) in [5.41, 5.74) is 0. The first kappa shape index (κ1) is 17.1. The van der Waals surface area contributed by atoms with Crippen LogP contribution in [0.15, 0.2) is 0 Å². The maximum absolute atomic E-state index is 11.0. The minimum atomic E-state index is -3.91. The van der Waals surface area contributed by atoms with Crippen molar-refractivity contribution in [3.8, 4) is 12.3 Å². The summed E-state index contributed by atoms with van der Waals surface area (Å²) in [6, 6.07) is 0. The second kappa shape index (κ2) is 7.92. The molecule has 1 N–H and O–H groups in total. The van der Waals surface area contributed by atoms with Gasteiger partial charge in [-0.1, -0.05) is 19.3 Å². The van der Waals surface area contributed by atoms with Crippen molar-refractivity contribution < 1.29 is 17.5 Å². The van der Waals surface area contributed by atoms with Gasteiger partial charge in [-0.15, -0.1) is 6.42 Å². The SMILES string of the molecule is C#CCS(=O)(=O)O.CCCCP(C)(C)=O. The van der Waals surface area contributed by atoms with Gasteiger partial charge in [0, 0.05) is 6.16 Å². The van der Waals surface area contributed by atoms with E-state index in [1.807, 2.05) is 13.3 Å². The van der Waals surface area contributed by atoms with Crippen LogP contribution in [0.3, 0.4) is 0 Å². The molecule has 0 atom stereocenters. The highest BCUT2D eigenvalue weighted by Gasteiger charge is 2.03. The standard InChI is InChI=1S/C6H15OP.C3H4O3S/c1-4-5-6-8(2,3)7;1-2-3-7(4,5)6/h4-6H2,1-3H3;1H,3H2,(H,4,5,6). The number of hydrogen-bond acceptors (Lipinski definition) is 3. The molecule has 0 unspecified atom stereocenters. The van der Waals surface area contributed by atoms with Gasteiger partial charge in [-0.25, -0.2) is 0 Å². The number of terminal acetylenes is 1. The van der Waals surface area contributed by atoms with Crippen molar-refractivity contribution >= 4 is 17.3 Å². The van der Waals surface area contributed by atoms with E-state index < -0.39 is 23.0 Å². The molecule has 0 radical (unpaired) electrons. The zero-order valence-electron chi connectivity index (χ0n) is 9.43. The summed E-state index contributed by atoms with van der Waals surface area (Å²) in [4.78, 5) is 0. The monoisotopic (exact) mass is 254 g/mol. The molecule has 0 aromatic carbocycles. The summed E-state index contributed by atoms with van der Waals surface area (Å²) in [5.74, 6) is 1.17. The molecule has 0 bridgehead atoms. The summed E-state index contributed by atoms with van der Waals surface area (Å²) in [5, 5.41) is 0. The van der Waals surface area contributed by atoms with E-state index in [0.717, 1.165) is 19.0 Å². The maximum Gasteiger partial charge on any atom is 0.276 e. The molecule has 0 aliphatic carbocycles. The van der Waals surface area contributed by atoms with Crippen molar-refractivity contribution in [1.82, 2.24) is 0 Å². The van der Waals surface area contributed by atoms with Crippen LogP contribution in [0, 0.1) is 12.3 Å². The van der Waals surface area contributed by atoms with Crippen LogP contribution in [-0.2, 0) is 14.7 Å². The predicted octanol–water partition coefficient (Wildman–Crippen LogP) is 1.92. The summed E-state index contributed by atoms with van der Waals surface area (Å²) in [7, 11) is -5.59. The van der Waals surface area contributed by atoms with Gasteiger partial charge in [-0.3, -0.25) is 4.55 Å². The van der Waals surface area contributed by atoms with E-state index in [4.69, 9.17) is 4.55 Å². The zero-order valence-corrected chi connectivity index (χ0v) is 11.1. The Hall–Kier alpha value is -0.300. The first-order chi connectivity index (χ1) is 6.62. The molecule has 0 saturated heterocycles. The van der Waals surface area contributed by atoms with Crippen molar-refractivity contribution in [3.05, 3.63) is 0 Å². The van der Waals surface area contributed by atoms with E-state index in [2.05, 4.69) is 13.3 Å². The Morgan fingerprint density at radius 1 is 1.40 bits per heavy atom. The van der Waals surface area contributed by atoms with Crippen molar-refractivity contribution in [1.29, 1.82) is 0 Å². The molecule has 90 valence electrons. The molecule has 0 rings (SSSR count). The van der Waals surface area contributed by atoms with E-state index in [-0.39, 0.29) is 0 Å². The highest BCUT2D eigenvalue weighted by Crippen LogP contribution is 2.36. The van der Waals surface area contributed by atoms with Gasteiger partial charge in [0.2, 0.25) is 0 Å². The molecule has 0 aliphatic rings. The molecule has 0 heterocycles. The van der Waals surface area contributed by atoms with Crippen molar-refractivity contribution in [2.75, 3.05) is 25.2 Å². The van der Waals surface area contributed by atoms with E-state index in [1.54, 1.807) is 5.92 Å². The summed E-state index contributed by atoms with van der Waals surface area (Å²) >= 11 is 0. The number of hydrogen-bond donors (Lipinski definition) is 1. The Balaban J connectivity index is 0. The van der Waals surface area contributed by atoms with Crippen LogP contribution >= 0.6 is 7.14 Å². The highest BCUT2D eigenvalue weighted by atomic mass is 32.2. The van der Waals surface area contributed by atoms with Gasteiger partial charge < -0.3 is 4.57 Å². The molecule has 0 amide bonds. The van der Waals surface area contributed by atoms with Crippen LogP contribution in [0.1, 0.15) is 19.8 Å². The van der Waals surface area contributed by atoms with Gasteiger partial charge in [-0.05, 0) is 19.8 Å². The maximum atomic E-state index is 11.0. The average molecular weight is 254 g/mol. The van der Waals surface area contributed by atoms with Gasteiger partial charge in [-0.2, -0.15) is 8.42 Å². The molecule has 0 aliphatic heterocycles. The summed E-state index contributed by atoms with van der Waals surface area (Å²) in [6.07, 6.45) is 7.72. The van der Waals surface area contributed by atoms with E-state index >= 15 is 0 Å². The molecule has 4 nitrogen and oxygen atoms in total. The van der Waals surface area contributed by atoms with Crippen molar-refractivity contribution in [2.45, 2.75) is 19.8 Å². The summed E-state index contributed by atoms with van der Waals surface area (Å²) in [6.45, 7) is 5.82. The Morgan fingerprint density at radius 3 is 1.93 bits per heavy atom. The van der Waals surface area contributed by atoms with Gasteiger partial charge >= 0.3 is 0 Å². The highest BCUT2D eigenvalue weighted by molar-refractivity contribution is 7.86. The third kappa shape index (κ3) is 24.8. The fourth-order valence-electron chi connectivity index (χ4n) is 0.644. The largest absolute Gasteiger partial charge is 0.324 e. The minimum absolute atomic E-state index is 0.604. The molecule has 0 saturated carbocycles. The molecule has 0 aromatic heterocycles. The molecule has 15 heavy (non-hydrogen) atoms. The fourth-order valence-corrected chi connectivity index (χ4v) is 1.93. The molecule has 0 fully saturated rings. The van der Waals surface area contributed by atoms with E-state index in [1.165, 1.54) is 0 Å². The lowest BCUT2D eigenvalue weighted by Gasteiger charge is -2.02. The van der Waals surface area contributed by atoms with Gasteiger partial charge in [0.15, 0.2) is 0 Å². The van der Waals surface area contributed by atoms with Crippen LogP contribution < -0.4 is 0 Å². The van der Waals surface area contributed by atoms with Crippen molar-refractivity contribution in [2.24, 2.45) is 0 Å². The first-order valence-corrected chi connectivity index (χ1v) is 8.94. The van der Waals surface area contributed by atoms with E-state index in [9.17, 15) is 13.0 Å². The molecular weight excluding hydrogens is 235 g/mol. The van der Waals surface area contributed by atoms with Gasteiger partial charge in [0.05, 0.1) is 7.14 Å². The summed E-state index contributed by atoms with van der Waals surface area (Å²) < 4.78 is 38.1. The molecule has 0 spiro atoms. The third-order valence-electron chi connectivity index (χ3n) is 1.32. The van der Waals surface area contributed by atoms with Crippen LogP contribution in [0.5, 0.6) is 0 Å². The third-order valence-corrected chi connectivity index (χ3v) is 3.24. The van der Waals surface area contributed by atoms with Crippen LogP contribution in [0.4, 0.5) is 0 Å². The lowest BCUT2D eigenvalue weighted by atomic mass is 10.4. The van der Waals surface area contributed by atoms with Gasteiger partial charge in [0.1, 0.15) is 5.75 Å². The van der Waals surface area contributed by atoms with E-state index in [0.29, 0.717) is 0 Å². The Bertz CT molecular complexity index is 334. The fraction of sp³-hybridized carbons (Fsp3) is 0.778. The predicted molar refractivity (Wildman–Crippen MR) is 64.5 cm³/mol. The first-order valence-electron chi connectivity index (χ1n) is 4.55. The Morgan fingerprint density at radius 2 is 1.87 bits per heavy atom. The van der Waals surface area contributed by atoms with Crippen LogP contribution in [-0.4, -0.2) is 38.2 Å². The second-order valence-corrected chi connectivity index (χ2v) is 8.63. The molecular formula is C9H19O4PS. The number of rotatable bonds is 4. The zero-order chi connectivity index (χ0) is 12.5. The minimum Gasteiger partial charge on any atom is -0.324 e. The Labute approximate surface area is 92.6 Å². The smallest absolute Gasteiger partial charge is 0.276 e. The lowest BCUT2D eigenvalue weighted by molar-refractivity contribution is 0.487. The van der Waals surface area contributed by atoms with Crippen LogP contribution in [0.25, 0.3) is 0 Å². The average Bonchev–Trinajstić information content (AvgIpc) is 1.98. The topological polar surface area (TPSA) is 71.4 Å². The van der Waals surface area contributed by atoms with Crippen molar-refractivity contribution in [3.63, 3.8) is 0 Å². The Kier molecular flexibility index (Phi) is 9.04. The molecule has 0 aromatic rings.